The van der Waals surface area contributed by atoms with E-state index < -0.39 is 0 Å². The van der Waals surface area contributed by atoms with E-state index >= 15 is 0 Å². The topological polar surface area (TPSA) is 51.8 Å². The van der Waals surface area contributed by atoms with Crippen molar-refractivity contribution in [1.82, 2.24) is 15.0 Å². The molecule has 0 amide bonds. The Kier molecular flexibility index (Phi) is 5.15. The standard InChI is InChI=1S/C35H20ClN3O/c36-28-18-19-30-31(27-12-6-7-13-29(27)40-30)32(28)35-38-33(22-9-2-1-3-10-22)37-34(39-35)24-16-17-26-23(20-24)15-14-21-8-4-5-11-25(21)26/h1-20H. The minimum absolute atomic E-state index is 0.504. The Balaban J connectivity index is 1.40. The zero-order valence-electron chi connectivity index (χ0n) is 21.2. The molecule has 188 valence electrons. The number of rotatable bonds is 3. The van der Waals surface area contributed by atoms with Crippen molar-refractivity contribution in [2.24, 2.45) is 0 Å². The second kappa shape index (κ2) is 9.01. The highest BCUT2D eigenvalue weighted by Crippen LogP contribution is 2.40. The Labute approximate surface area is 234 Å². The number of furan rings is 1. The molecule has 2 aromatic heterocycles. The Bertz CT molecular complexity index is 2240. The summed E-state index contributed by atoms with van der Waals surface area (Å²) in [6.07, 6.45) is 0. The van der Waals surface area contributed by atoms with Crippen LogP contribution >= 0.6 is 11.6 Å². The molecule has 0 saturated carbocycles. The second-order valence-corrected chi connectivity index (χ2v) is 10.2. The summed E-state index contributed by atoms with van der Waals surface area (Å²) in [6.45, 7) is 0. The predicted molar refractivity (Wildman–Crippen MR) is 163 cm³/mol. The van der Waals surface area contributed by atoms with Crippen LogP contribution in [0.5, 0.6) is 0 Å². The van der Waals surface area contributed by atoms with Crippen molar-refractivity contribution in [1.29, 1.82) is 0 Å². The molecule has 8 aromatic rings. The molecule has 0 fully saturated rings. The van der Waals surface area contributed by atoms with Crippen molar-refractivity contribution in [3.05, 3.63) is 126 Å². The van der Waals surface area contributed by atoms with Gasteiger partial charge < -0.3 is 4.42 Å². The van der Waals surface area contributed by atoms with E-state index in [4.69, 9.17) is 31.0 Å². The van der Waals surface area contributed by atoms with E-state index in [1.165, 1.54) is 16.2 Å². The zero-order chi connectivity index (χ0) is 26.6. The molecule has 0 unspecified atom stereocenters. The van der Waals surface area contributed by atoms with Crippen LogP contribution in [0.3, 0.4) is 0 Å². The van der Waals surface area contributed by atoms with E-state index in [9.17, 15) is 0 Å². The highest BCUT2D eigenvalue weighted by Gasteiger charge is 2.20. The maximum atomic E-state index is 6.88. The Morgan fingerprint density at radius 2 is 1.15 bits per heavy atom. The third kappa shape index (κ3) is 3.65. The van der Waals surface area contributed by atoms with Crippen LogP contribution in [-0.2, 0) is 0 Å². The van der Waals surface area contributed by atoms with E-state index in [2.05, 4.69) is 54.6 Å². The Morgan fingerprint density at radius 1 is 0.475 bits per heavy atom. The van der Waals surface area contributed by atoms with Crippen LogP contribution in [0.15, 0.2) is 126 Å². The fourth-order valence-corrected chi connectivity index (χ4v) is 5.74. The van der Waals surface area contributed by atoms with Gasteiger partial charge in [0, 0.05) is 27.5 Å². The first-order valence-electron chi connectivity index (χ1n) is 13.1. The number of hydrogen-bond donors (Lipinski definition) is 0. The minimum Gasteiger partial charge on any atom is -0.456 e. The van der Waals surface area contributed by atoms with Crippen LogP contribution in [-0.4, -0.2) is 15.0 Å². The number of benzene rings is 6. The molecule has 0 bridgehead atoms. The fraction of sp³-hybridized carbons (Fsp3) is 0. The van der Waals surface area contributed by atoms with E-state index in [1.54, 1.807) is 0 Å². The van der Waals surface area contributed by atoms with Gasteiger partial charge in [-0.2, -0.15) is 0 Å². The lowest BCUT2D eigenvalue weighted by Crippen LogP contribution is -2.01. The fourth-order valence-electron chi connectivity index (χ4n) is 5.50. The van der Waals surface area contributed by atoms with Gasteiger partial charge in [-0.1, -0.05) is 109 Å². The highest BCUT2D eigenvalue weighted by molar-refractivity contribution is 6.35. The summed E-state index contributed by atoms with van der Waals surface area (Å²) in [5.74, 6) is 1.67. The summed E-state index contributed by atoms with van der Waals surface area (Å²) >= 11 is 6.88. The van der Waals surface area contributed by atoms with Gasteiger partial charge in [0.1, 0.15) is 11.2 Å². The molecule has 0 aliphatic carbocycles. The first kappa shape index (κ1) is 22.9. The molecule has 6 aromatic carbocycles. The first-order chi connectivity index (χ1) is 19.7. The average molecular weight is 534 g/mol. The lowest BCUT2D eigenvalue weighted by Gasteiger charge is -2.11. The van der Waals surface area contributed by atoms with Crippen molar-refractivity contribution in [3.63, 3.8) is 0 Å². The average Bonchev–Trinajstić information content (AvgIpc) is 3.39. The number of aromatic nitrogens is 3. The van der Waals surface area contributed by atoms with Crippen molar-refractivity contribution in [3.8, 4) is 34.2 Å². The molecule has 0 N–H and O–H groups in total. The lowest BCUT2D eigenvalue weighted by atomic mass is 10.00. The molecule has 0 radical (unpaired) electrons. The Hall–Kier alpha value is -5.06. The quantitative estimate of drug-likeness (QED) is 0.212. The summed E-state index contributed by atoms with van der Waals surface area (Å²) in [5, 5.41) is 7.17. The van der Waals surface area contributed by atoms with Gasteiger partial charge in [-0.25, -0.2) is 15.0 Å². The number of halogens is 1. The van der Waals surface area contributed by atoms with Gasteiger partial charge in [0.15, 0.2) is 17.5 Å². The van der Waals surface area contributed by atoms with E-state index in [0.29, 0.717) is 22.5 Å². The van der Waals surface area contributed by atoms with Crippen molar-refractivity contribution in [2.75, 3.05) is 0 Å². The van der Waals surface area contributed by atoms with E-state index in [1.807, 2.05) is 66.7 Å². The largest absolute Gasteiger partial charge is 0.456 e. The number of fused-ring (bicyclic) bond motifs is 6. The summed E-state index contributed by atoms with van der Waals surface area (Å²) in [5.41, 5.74) is 4.07. The van der Waals surface area contributed by atoms with Crippen molar-refractivity contribution >= 4 is 55.1 Å². The van der Waals surface area contributed by atoms with E-state index in [-0.39, 0.29) is 0 Å². The zero-order valence-corrected chi connectivity index (χ0v) is 21.9. The molecule has 0 aliphatic rings. The molecule has 4 nitrogen and oxygen atoms in total. The first-order valence-corrected chi connectivity index (χ1v) is 13.4. The van der Waals surface area contributed by atoms with Gasteiger partial charge in [0.25, 0.3) is 0 Å². The van der Waals surface area contributed by atoms with Crippen molar-refractivity contribution in [2.45, 2.75) is 0 Å². The van der Waals surface area contributed by atoms with Crippen LogP contribution in [0.1, 0.15) is 0 Å². The van der Waals surface area contributed by atoms with Crippen LogP contribution < -0.4 is 0 Å². The second-order valence-electron chi connectivity index (χ2n) is 9.79. The SMILES string of the molecule is Clc1ccc2oc3ccccc3c2c1-c1nc(-c2ccccc2)nc(-c2ccc3c(ccc4ccccc43)c2)n1. The normalized spacial score (nSPS) is 11.6. The molecule has 0 saturated heterocycles. The van der Waals surface area contributed by atoms with Crippen LogP contribution in [0.25, 0.3) is 77.6 Å². The summed E-state index contributed by atoms with van der Waals surface area (Å²) in [7, 11) is 0. The van der Waals surface area contributed by atoms with Gasteiger partial charge in [0.2, 0.25) is 0 Å². The third-order valence-corrected chi connectivity index (χ3v) is 7.70. The van der Waals surface area contributed by atoms with E-state index in [0.717, 1.165) is 44.0 Å². The maximum Gasteiger partial charge on any atom is 0.166 e. The van der Waals surface area contributed by atoms with Gasteiger partial charge in [-0.15, -0.1) is 0 Å². The molecule has 0 aliphatic heterocycles. The molecule has 8 rings (SSSR count). The molecule has 0 atom stereocenters. The molecular weight excluding hydrogens is 514 g/mol. The van der Waals surface area contributed by atoms with Crippen LogP contribution in [0, 0.1) is 0 Å². The predicted octanol–water partition coefficient (Wildman–Crippen LogP) is 9.73. The minimum atomic E-state index is 0.504. The van der Waals surface area contributed by atoms with Gasteiger partial charge in [-0.05, 0) is 45.8 Å². The van der Waals surface area contributed by atoms with Gasteiger partial charge in [0.05, 0.1) is 5.02 Å². The molecule has 2 heterocycles. The molecular formula is C35H20ClN3O. The highest BCUT2D eigenvalue weighted by atomic mass is 35.5. The summed E-state index contributed by atoms with van der Waals surface area (Å²) in [4.78, 5) is 14.9. The molecule has 0 spiro atoms. The van der Waals surface area contributed by atoms with Gasteiger partial charge >= 0.3 is 0 Å². The number of nitrogens with zero attached hydrogens (tertiary/aromatic N) is 3. The third-order valence-electron chi connectivity index (χ3n) is 7.39. The van der Waals surface area contributed by atoms with Crippen LogP contribution in [0.4, 0.5) is 0 Å². The lowest BCUT2D eigenvalue weighted by molar-refractivity contribution is 0.669. The monoisotopic (exact) mass is 533 g/mol. The maximum absolute atomic E-state index is 6.88. The molecule has 40 heavy (non-hydrogen) atoms. The van der Waals surface area contributed by atoms with Gasteiger partial charge in [-0.3, -0.25) is 0 Å². The summed E-state index contributed by atoms with van der Waals surface area (Å²) < 4.78 is 6.15. The van der Waals surface area contributed by atoms with Crippen LogP contribution in [0.2, 0.25) is 5.02 Å². The summed E-state index contributed by atoms with van der Waals surface area (Å²) in [6, 6.07) is 40.8. The molecule has 5 heteroatoms. The van der Waals surface area contributed by atoms with Crippen molar-refractivity contribution < 1.29 is 4.42 Å². The number of hydrogen-bond acceptors (Lipinski definition) is 4. The smallest absolute Gasteiger partial charge is 0.166 e. The number of para-hydroxylation sites is 1. The Morgan fingerprint density at radius 3 is 2.02 bits per heavy atom.